The Hall–Kier alpha value is -2.21. The number of nitrogens with zero attached hydrogens (tertiary/aromatic N) is 2. The molecular formula is C19H23N3O2S. The molecule has 1 aliphatic heterocycles. The Kier molecular flexibility index (Phi) is 5.48. The summed E-state index contributed by atoms with van der Waals surface area (Å²) < 4.78 is 0. The van der Waals surface area contributed by atoms with Crippen molar-refractivity contribution < 1.29 is 9.59 Å². The molecule has 1 aromatic heterocycles. The lowest BCUT2D eigenvalue weighted by atomic mass is 10.1. The molecule has 1 unspecified atom stereocenters. The Balaban J connectivity index is 1.51. The Morgan fingerprint density at radius 1 is 1.36 bits per heavy atom. The zero-order valence-corrected chi connectivity index (χ0v) is 15.4. The van der Waals surface area contributed by atoms with Crippen molar-refractivity contribution in [2.45, 2.75) is 39.3 Å². The normalized spacial score (nSPS) is 17.3. The first kappa shape index (κ1) is 17.6. The van der Waals surface area contributed by atoms with E-state index in [9.17, 15) is 9.59 Å². The second kappa shape index (κ2) is 7.78. The maximum atomic E-state index is 12.3. The zero-order valence-electron chi connectivity index (χ0n) is 14.6. The molecule has 1 aromatic carbocycles. The van der Waals surface area contributed by atoms with Gasteiger partial charge in [0.2, 0.25) is 11.8 Å². The predicted molar refractivity (Wildman–Crippen MR) is 98.2 cm³/mol. The summed E-state index contributed by atoms with van der Waals surface area (Å²) in [5.41, 5.74) is 2.10. The van der Waals surface area contributed by atoms with Gasteiger partial charge in [-0.05, 0) is 19.4 Å². The predicted octanol–water partition coefficient (Wildman–Crippen LogP) is 2.61. The SMILES string of the molecule is CC(C)N1CC(C(=O)NCc2csc(Cc3ccccc3)n2)CC1=O. The van der Waals surface area contributed by atoms with Gasteiger partial charge in [0.1, 0.15) is 0 Å². The van der Waals surface area contributed by atoms with E-state index in [2.05, 4.69) is 22.4 Å². The number of carbonyl (C=O) groups excluding carboxylic acids is 2. The molecule has 1 atom stereocenters. The monoisotopic (exact) mass is 357 g/mol. The standard InChI is InChI=1S/C19H23N3O2S/c1-13(2)22-11-15(9-18(22)23)19(24)20-10-16-12-25-17(21-16)8-14-6-4-3-5-7-14/h3-7,12-13,15H,8-11H2,1-2H3,(H,20,24). The van der Waals surface area contributed by atoms with Crippen LogP contribution in [0.25, 0.3) is 0 Å². The van der Waals surface area contributed by atoms with E-state index < -0.39 is 0 Å². The summed E-state index contributed by atoms with van der Waals surface area (Å²) in [5.74, 6) is -0.250. The van der Waals surface area contributed by atoms with Crippen LogP contribution in [-0.2, 0) is 22.6 Å². The van der Waals surface area contributed by atoms with Crippen molar-refractivity contribution in [3.05, 3.63) is 52.0 Å². The smallest absolute Gasteiger partial charge is 0.225 e. The summed E-state index contributed by atoms with van der Waals surface area (Å²) in [6.07, 6.45) is 1.11. The lowest BCUT2D eigenvalue weighted by Crippen LogP contribution is -2.35. The minimum Gasteiger partial charge on any atom is -0.350 e. The van der Waals surface area contributed by atoms with Crippen LogP contribution in [0.2, 0.25) is 0 Å². The van der Waals surface area contributed by atoms with Gasteiger partial charge in [0, 0.05) is 30.8 Å². The van der Waals surface area contributed by atoms with Crippen molar-refractivity contribution in [3.8, 4) is 0 Å². The molecule has 1 saturated heterocycles. The van der Waals surface area contributed by atoms with Crippen LogP contribution in [0.5, 0.6) is 0 Å². The molecule has 1 N–H and O–H groups in total. The molecule has 0 bridgehead atoms. The highest BCUT2D eigenvalue weighted by molar-refractivity contribution is 7.09. The number of benzene rings is 1. The van der Waals surface area contributed by atoms with Gasteiger partial charge in [0.15, 0.2) is 0 Å². The van der Waals surface area contributed by atoms with Crippen LogP contribution < -0.4 is 5.32 Å². The minimum atomic E-state index is -0.252. The molecule has 0 spiro atoms. The minimum absolute atomic E-state index is 0.0610. The van der Waals surface area contributed by atoms with Crippen LogP contribution >= 0.6 is 11.3 Å². The number of nitrogens with one attached hydrogen (secondary N) is 1. The molecule has 132 valence electrons. The van der Waals surface area contributed by atoms with Crippen molar-refractivity contribution >= 4 is 23.2 Å². The molecule has 0 radical (unpaired) electrons. The first-order valence-electron chi connectivity index (χ1n) is 8.57. The summed E-state index contributed by atoms with van der Waals surface area (Å²) in [7, 11) is 0. The third-order valence-corrected chi connectivity index (χ3v) is 5.29. The van der Waals surface area contributed by atoms with Gasteiger partial charge in [0.05, 0.1) is 23.2 Å². The molecule has 2 heterocycles. The fourth-order valence-electron chi connectivity index (χ4n) is 3.01. The third-order valence-electron chi connectivity index (χ3n) is 4.39. The fraction of sp³-hybridized carbons (Fsp3) is 0.421. The van der Waals surface area contributed by atoms with Crippen molar-refractivity contribution in [1.29, 1.82) is 0 Å². The van der Waals surface area contributed by atoms with E-state index >= 15 is 0 Å². The largest absolute Gasteiger partial charge is 0.350 e. The number of hydrogen-bond donors (Lipinski definition) is 1. The van der Waals surface area contributed by atoms with E-state index in [4.69, 9.17) is 0 Å². The lowest BCUT2D eigenvalue weighted by molar-refractivity contribution is -0.130. The van der Waals surface area contributed by atoms with Crippen molar-refractivity contribution in [2.24, 2.45) is 5.92 Å². The van der Waals surface area contributed by atoms with Crippen molar-refractivity contribution in [3.63, 3.8) is 0 Å². The molecule has 3 rings (SSSR count). The summed E-state index contributed by atoms with van der Waals surface area (Å²) in [6.45, 7) is 4.87. The highest BCUT2D eigenvalue weighted by Crippen LogP contribution is 2.20. The molecule has 1 aliphatic rings. The van der Waals surface area contributed by atoms with Crippen LogP contribution in [0.4, 0.5) is 0 Å². The number of thiazole rings is 1. The van der Waals surface area contributed by atoms with Gasteiger partial charge < -0.3 is 10.2 Å². The molecule has 6 heteroatoms. The molecule has 25 heavy (non-hydrogen) atoms. The van der Waals surface area contributed by atoms with Gasteiger partial charge in [0.25, 0.3) is 0 Å². The number of aromatic nitrogens is 1. The summed E-state index contributed by atoms with van der Waals surface area (Å²) in [5, 5.41) is 5.95. The highest BCUT2D eigenvalue weighted by Gasteiger charge is 2.35. The Morgan fingerprint density at radius 3 is 2.80 bits per heavy atom. The zero-order chi connectivity index (χ0) is 17.8. The maximum absolute atomic E-state index is 12.3. The second-order valence-corrected chi connectivity index (χ2v) is 7.60. The Bertz CT molecular complexity index is 742. The molecule has 2 amide bonds. The molecular weight excluding hydrogens is 334 g/mol. The number of carbonyl (C=O) groups is 2. The number of amides is 2. The molecule has 2 aromatic rings. The number of likely N-dealkylation sites (tertiary alicyclic amines) is 1. The van der Waals surface area contributed by atoms with E-state index in [0.29, 0.717) is 19.5 Å². The van der Waals surface area contributed by atoms with E-state index in [1.807, 2.05) is 37.4 Å². The average Bonchev–Trinajstić information content (AvgIpc) is 3.20. The van der Waals surface area contributed by atoms with Crippen LogP contribution in [-0.4, -0.2) is 34.3 Å². The van der Waals surface area contributed by atoms with Crippen LogP contribution in [0, 0.1) is 5.92 Å². The van der Waals surface area contributed by atoms with E-state index in [1.165, 1.54) is 5.56 Å². The van der Waals surface area contributed by atoms with Crippen LogP contribution in [0.3, 0.4) is 0 Å². The van der Waals surface area contributed by atoms with Crippen LogP contribution in [0.1, 0.15) is 36.5 Å². The van der Waals surface area contributed by atoms with Gasteiger partial charge in [-0.25, -0.2) is 4.98 Å². The third kappa shape index (κ3) is 4.45. The summed E-state index contributed by atoms with van der Waals surface area (Å²) >= 11 is 1.61. The quantitative estimate of drug-likeness (QED) is 0.864. The molecule has 5 nitrogen and oxygen atoms in total. The topological polar surface area (TPSA) is 62.3 Å². The average molecular weight is 357 g/mol. The number of hydrogen-bond acceptors (Lipinski definition) is 4. The van der Waals surface area contributed by atoms with Crippen LogP contribution in [0.15, 0.2) is 35.7 Å². The van der Waals surface area contributed by atoms with Gasteiger partial charge in [-0.2, -0.15) is 0 Å². The van der Waals surface area contributed by atoms with Gasteiger partial charge >= 0.3 is 0 Å². The number of rotatable bonds is 6. The van der Waals surface area contributed by atoms with Crippen molar-refractivity contribution in [1.82, 2.24) is 15.2 Å². The Morgan fingerprint density at radius 2 is 2.12 bits per heavy atom. The summed E-state index contributed by atoms with van der Waals surface area (Å²) in [4.78, 5) is 30.6. The van der Waals surface area contributed by atoms with Crippen molar-refractivity contribution in [2.75, 3.05) is 6.54 Å². The molecule has 0 saturated carbocycles. The highest BCUT2D eigenvalue weighted by atomic mass is 32.1. The Labute approximate surface area is 152 Å². The van der Waals surface area contributed by atoms with Gasteiger partial charge in [-0.1, -0.05) is 30.3 Å². The summed E-state index contributed by atoms with van der Waals surface area (Å²) in [6, 6.07) is 10.4. The van der Waals surface area contributed by atoms with E-state index in [1.54, 1.807) is 16.2 Å². The van der Waals surface area contributed by atoms with E-state index in [-0.39, 0.29) is 23.8 Å². The van der Waals surface area contributed by atoms with E-state index in [0.717, 1.165) is 17.1 Å². The second-order valence-electron chi connectivity index (χ2n) is 6.65. The lowest BCUT2D eigenvalue weighted by Gasteiger charge is -2.20. The molecule has 0 aliphatic carbocycles. The first-order valence-corrected chi connectivity index (χ1v) is 9.45. The fourth-order valence-corrected chi connectivity index (χ4v) is 3.84. The van der Waals surface area contributed by atoms with Gasteiger partial charge in [-0.15, -0.1) is 11.3 Å². The molecule has 1 fully saturated rings. The van der Waals surface area contributed by atoms with Gasteiger partial charge in [-0.3, -0.25) is 9.59 Å². The maximum Gasteiger partial charge on any atom is 0.225 e. The first-order chi connectivity index (χ1) is 12.0.